The summed E-state index contributed by atoms with van der Waals surface area (Å²) in [5.74, 6) is -5.90. The zero-order chi connectivity index (χ0) is 42.7. The molecule has 58 heavy (non-hydrogen) atoms. The molecule has 0 spiro atoms. The Bertz CT molecular complexity index is 2200. The third-order valence-corrected chi connectivity index (χ3v) is 8.53. The number of aliphatic carboxylic acids is 1. The zero-order valence-electron chi connectivity index (χ0n) is 31.2. The van der Waals surface area contributed by atoms with Gasteiger partial charge in [-0.2, -0.15) is 13.2 Å². The number of carboxylic acid groups (broad SMARTS) is 1. The number of hydrogen-bond donors (Lipinski definition) is 7. The summed E-state index contributed by atoms with van der Waals surface area (Å²) in [6.45, 7) is 4.33. The smallest absolute Gasteiger partial charge is 0.417 e. The molecule has 3 aromatic carbocycles. The number of anilines is 1. The Kier molecular flexibility index (Phi) is 14.6. The van der Waals surface area contributed by atoms with Gasteiger partial charge in [0, 0.05) is 29.6 Å². The maximum atomic E-state index is 13.6. The Labute approximate surface area is 328 Å². The number of carbonyl (C=O) groups excluding carboxylic acids is 5. The number of carbonyl (C=O) groups is 6. The van der Waals surface area contributed by atoms with E-state index in [9.17, 15) is 56.9 Å². The van der Waals surface area contributed by atoms with Gasteiger partial charge in [-0.15, -0.1) is 0 Å². The second-order valence-electron chi connectivity index (χ2n) is 13.4. The number of carboxylic acids is 1. The maximum Gasteiger partial charge on any atom is 0.417 e. The van der Waals surface area contributed by atoms with Gasteiger partial charge in [-0.05, 0) is 48.2 Å². The number of ether oxygens (including phenoxy) is 1. The number of alkyl halides is 3. The molecular weight excluding hydrogens is 771 g/mol. The number of benzene rings is 3. The van der Waals surface area contributed by atoms with Crippen LogP contribution in [-0.4, -0.2) is 70.1 Å². The van der Waals surface area contributed by atoms with Gasteiger partial charge >= 0.3 is 23.9 Å². The topological polar surface area (TPSA) is 242 Å². The van der Waals surface area contributed by atoms with E-state index >= 15 is 0 Å². The number of phenolic OH excluding ortho intramolecular Hbond substituents is 1. The third kappa shape index (κ3) is 12.6. The van der Waals surface area contributed by atoms with E-state index in [0.29, 0.717) is 11.1 Å². The first kappa shape index (κ1) is 43.8. The van der Waals surface area contributed by atoms with Gasteiger partial charge in [0.2, 0.25) is 23.6 Å². The standard InChI is InChI=1S/C39H40F3N5O11/c1-20(2)33(47-36(54)28(15-22-9-12-25(48)13-10-22)46-38(56)57-19-23-7-5-4-6-8-23)37(55)43-21(3)34(52)45-29(18-31(49)50)35(53)44-24-11-14-26-27(39(40,41)42)17-32(51)58-30(26)16-24/h4-14,16-17,20-21,28-29,33,48H,15,18-19H2,1-3H3,(H,43,55)(H,44,53)(H,45,52)(H,46,56)(H,47,54)(H,49,50)/t21-,28-,29-,33-/m0/s1. The first-order valence-corrected chi connectivity index (χ1v) is 17.6. The highest BCUT2D eigenvalue weighted by Gasteiger charge is 2.35. The van der Waals surface area contributed by atoms with Crippen molar-refractivity contribution in [1.29, 1.82) is 0 Å². The van der Waals surface area contributed by atoms with Gasteiger partial charge in [0.05, 0.1) is 12.0 Å². The van der Waals surface area contributed by atoms with Gasteiger partial charge in [0.1, 0.15) is 42.1 Å². The minimum absolute atomic E-state index is 0.0309. The lowest BCUT2D eigenvalue weighted by Gasteiger charge is -2.27. The third-order valence-electron chi connectivity index (χ3n) is 8.53. The summed E-state index contributed by atoms with van der Waals surface area (Å²) in [5, 5.41) is 30.6. The second-order valence-corrected chi connectivity index (χ2v) is 13.4. The molecule has 0 aliphatic rings. The molecule has 4 atom stereocenters. The van der Waals surface area contributed by atoms with Crippen LogP contribution in [0.4, 0.5) is 23.7 Å². The maximum absolute atomic E-state index is 13.6. The number of halogens is 3. The van der Waals surface area contributed by atoms with Crippen LogP contribution < -0.4 is 32.2 Å². The summed E-state index contributed by atoms with van der Waals surface area (Å²) in [6.07, 6.45) is -6.85. The lowest BCUT2D eigenvalue weighted by molar-refractivity contribution is -0.140. The van der Waals surface area contributed by atoms with E-state index in [-0.39, 0.29) is 30.5 Å². The highest BCUT2D eigenvalue weighted by atomic mass is 19.4. The monoisotopic (exact) mass is 811 g/mol. The van der Waals surface area contributed by atoms with Crippen LogP contribution >= 0.6 is 0 Å². The Balaban J connectivity index is 1.43. The molecule has 0 aliphatic carbocycles. The summed E-state index contributed by atoms with van der Waals surface area (Å²) in [7, 11) is 0. The quantitative estimate of drug-likeness (QED) is 0.0807. The molecule has 19 heteroatoms. The van der Waals surface area contributed by atoms with Crippen molar-refractivity contribution < 1.29 is 61.3 Å². The van der Waals surface area contributed by atoms with Gasteiger partial charge in [-0.3, -0.25) is 24.0 Å². The molecule has 7 N–H and O–H groups in total. The summed E-state index contributed by atoms with van der Waals surface area (Å²) < 4.78 is 50.5. The van der Waals surface area contributed by atoms with E-state index in [1.54, 1.807) is 44.2 Å². The highest BCUT2D eigenvalue weighted by molar-refractivity contribution is 6.01. The van der Waals surface area contributed by atoms with Gasteiger partial charge in [0.25, 0.3) is 0 Å². The first-order valence-electron chi connectivity index (χ1n) is 17.6. The lowest BCUT2D eigenvalue weighted by atomic mass is 10.0. The van der Waals surface area contributed by atoms with Crippen molar-refractivity contribution in [1.82, 2.24) is 21.3 Å². The number of phenols is 1. The molecule has 0 saturated carbocycles. The molecule has 5 amide bonds. The SMILES string of the molecule is CC(C)[C@H](NC(=O)[C@H](Cc1ccc(O)cc1)NC(=O)OCc1ccccc1)C(=O)N[C@@H](C)C(=O)N[C@@H](CC(=O)O)C(=O)Nc1ccc2c(C(F)(F)F)cc(=O)oc2c1. The average Bonchev–Trinajstić information content (AvgIpc) is 3.15. The predicted octanol–water partition coefficient (Wildman–Crippen LogP) is 3.60. The van der Waals surface area contributed by atoms with Crippen molar-refractivity contribution in [2.45, 2.75) is 70.6 Å². The van der Waals surface area contributed by atoms with Crippen molar-refractivity contribution in [2.24, 2.45) is 5.92 Å². The molecule has 0 unspecified atom stereocenters. The number of amides is 5. The Hall–Kier alpha value is -6.92. The van der Waals surface area contributed by atoms with Crippen molar-refractivity contribution in [3.05, 3.63) is 106 Å². The molecule has 1 heterocycles. The molecule has 16 nitrogen and oxygen atoms in total. The molecule has 0 radical (unpaired) electrons. The van der Waals surface area contributed by atoms with E-state index in [2.05, 4.69) is 26.6 Å². The summed E-state index contributed by atoms with van der Waals surface area (Å²) in [5.41, 5.74) is -2.06. The predicted molar refractivity (Wildman–Crippen MR) is 200 cm³/mol. The lowest BCUT2D eigenvalue weighted by Crippen LogP contribution is -2.59. The molecule has 1 aromatic heterocycles. The summed E-state index contributed by atoms with van der Waals surface area (Å²) in [4.78, 5) is 89.6. The Morgan fingerprint density at radius 1 is 0.759 bits per heavy atom. The number of hydrogen-bond acceptors (Lipinski definition) is 10. The number of alkyl carbamates (subject to hydrolysis) is 1. The molecule has 0 bridgehead atoms. The van der Waals surface area contributed by atoms with Crippen LogP contribution in [-0.2, 0) is 47.9 Å². The van der Waals surface area contributed by atoms with Gasteiger partial charge in [0.15, 0.2) is 0 Å². The number of rotatable bonds is 16. The van der Waals surface area contributed by atoms with Crippen LogP contribution in [0.25, 0.3) is 11.0 Å². The van der Waals surface area contributed by atoms with Crippen LogP contribution in [0.5, 0.6) is 5.75 Å². The van der Waals surface area contributed by atoms with Crippen molar-refractivity contribution >= 4 is 52.3 Å². The van der Waals surface area contributed by atoms with Crippen LogP contribution in [0, 0.1) is 5.92 Å². The molecule has 4 rings (SSSR count). The zero-order valence-corrected chi connectivity index (χ0v) is 31.2. The number of aromatic hydroxyl groups is 1. The Morgan fingerprint density at radius 2 is 1.43 bits per heavy atom. The van der Waals surface area contributed by atoms with E-state index in [1.807, 2.05) is 0 Å². The van der Waals surface area contributed by atoms with Crippen LogP contribution in [0.2, 0.25) is 0 Å². The average molecular weight is 812 g/mol. The van der Waals surface area contributed by atoms with E-state index in [0.717, 1.165) is 18.2 Å². The summed E-state index contributed by atoms with van der Waals surface area (Å²) >= 11 is 0. The van der Waals surface area contributed by atoms with E-state index in [4.69, 9.17) is 9.15 Å². The molecule has 0 fully saturated rings. The van der Waals surface area contributed by atoms with Crippen LogP contribution in [0.15, 0.2) is 88.1 Å². The molecule has 308 valence electrons. The second kappa shape index (κ2) is 19.3. The molecule has 0 saturated heterocycles. The minimum Gasteiger partial charge on any atom is -0.508 e. The fraction of sp³-hybridized carbons (Fsp3) is 0.308. The number of fused-ring (bicyclic) bond motifs is 1. The van der Waals surface area contributed by atoms with Gasteiger partial charge in [-0.25, -0.2) is 9.59 Å². The van der Waals surface area contributed by atoms with Gasteiger partial charge < -0.3 is 46.0 Å². The highest BCUT2D eigenvalue weighted by Crippen LogP contribution is 2.34. The normalized spacial score (nSPS) is 13.4. The Morgan fingerprint density at radius 3 is 2.05 bits per heavy atom. The largest absolute Gasteiger partial charge is 0.508 e. The first-order chi connectivity index (χ1) is 27.3. The van der Waals surface area contributed by atoms with E-state index in [1.165, 1.54) is 31.2 Å². The van der Waals surface area contributed by atoms with Crippen molar-refractivity contribution in [2.75, 3.05) is 5.32 Å². The fourth-order valence-corrected chi connectivity index (χ4v) is 5.53. The van der Waals surface area contributed by atoms with Crippen molar-refractivity contribution in [3.63, 3.8) is 0 Å². The van der Waals surface area contributed by atoms with E-state index < -0.39 is 101 Å². The molecular formula is C39H40F3N5O11. The minimum atomic E-state index is -4.89. The van der Waals surface area contributed by atoms with Crippen LogP contribution in [0.1, 0.15) is 43.9 Å². The number of nitrogens with one attached hydrogen (secondary N) is 5. The van der Waals surface area contributed by atoms with Crippen LogP contribution in [0.3, 0.4) is 0 Å². The fourth-order valence-electron chi connectivity index (χ4n) is 5.53. The molecule has 0 aliphatic heterocycles. The van der Waals surface area contributed by atoms with Crippen molar-refractivity contribution in [3.8, 4) is 5.75 Å². The molecule has 4 aromatic rings. The summed E-state index contributed by atoms with van der Waals surface area (Å²) in [6, 6.07) is 12.1. The van der Waals surface area contributed by atoms with Gasteiger partial charge in [-0.1, -0.05) is 56.3 Å².